The first kappa shape index (κ1) is 25.9. The van der Waals surface area contributed by atoms with Gasteiger partial charge in [0.1, 0.15) is 12.4 Å². The zero-order valence-electron chi connectivity index (χ0n) is 21.1. The Morgan fingerprint density at radius 3 is 2.58 bits per heavy atom. The SMILES string of the molecule is CC1=Cc2nn(C3CCC(CNC(=O)c4cc(F)c(OCc5ccc(O)cc5)c(F)c4F)CC3)cc2CC1. The molecular weight excluding hydrogens is 495 g/mol. The minimum absolute atomic E-state index is 0.0320. The number of hydrogen-bond donors (Lipinski definition) is 2. The number of carbonyl (C=O) groups is 1. The van der Waals surface area contributed by atoms with Crippen molar-refractivity contribution in [1.82, 2.24) is 15.1 Å². The van der Waals surface area contributed by atoms with E-state index in [2.05, 4.69) is 29.2 Å². The van der Waals surface area contributed by atoms with Crippen LogP contribution in [0.15, 0.2) is 42.1 Å². The predicted molar refractivity (Wildman–Crippen MR) is 136 cm³/mol. The van der Waals surface area contributed by atoms with E-state index in [9.17, 15) is 23.1 Å². The largest absolute Gasteiger partial charge is 0.508 e. The normalized spacial score (nSPS) is 19.0. The molecule has 9 heteroatoms. The number of hydrogen-bond acceptors (Lipinski definition) is 4. The van der Waals surface area contributed by atoms with E-state index in [-0.39, 0.29) is 18.3 Å². The summed E-state index contributed by atoms with van der Waals surface area (Å²) in [6.45, 7) is 2.18. The molecule has 0 aliphatic heterocycles. The Hall–Kier alpha value is -3.75. The van der Waals surface area contributed by atoms with Gasteiger partial charge in [-0.1, -0.05) is 17.7 Å². The monoisotopic (exact) mass is 525 g/mol. The molecule has 3 aromatic rings. The van der Waals surface area contributed by atoms with E-state index in [1.807, 2.05) is 0 Å². The highest BCUT2D eigenvalue weighted by molar-refractivity contribution is 5.94. The van der Waals surface area contributed by atoms with Crippen LogP contribution < -0.4 is 10.1 Å². The van der Waals surface area contributed by atoms with E-state index in [0.717, 1.165) is 44.2 Å². The van der Waals surface area contributed by atoms with Crippen LogP contribution >= 0.6 is 0 Å². The van der Waals surface area contributed by atoms with Crippen LogP contribution in [0.25, 0.3) is 6.08 Å². The molecular formula is C29H30F3N3O3. The van der Waals surface area contributed by atoms with Crippen LogP contribution in [0.3, 0.4) is 0 Å². The van der Waals surface area contributed by atoms with E-state index in [1.54, 1.807) is 0 Å². The number of allylic oxidation sites excluding steroid dienone is 1. The van der Waals surface area contributed by atoms with Gasteiger partial charge in [0.15, 0.2) is 17.4 Å². The van der Waals surface area contributed by atoms with Gasteiger partial charge < -0.3 is 15.2 Å². The molecule has 0 unspecified atom stereocenters. The number of aryl methyl sites for hydroxylation is 1. The molecule has 1 amide bonds. The summed E-state index contributed by atoms with van der Waals surface area (Å²) < 4.78 is 51.0. The molecule has 0 saturated heterocycles. The molecule has 200 valence electrons. The Balaban J connectivity index is 1.15. The van der Waals surface area contributed by atoms with Gasteiger partial charge in [0.25, 0.3) is 5.91 Å². The lowest BCUT2D eigenvalue weighted by molar-refractivity contribution is 0.0935. The number of ether oxygens (including phenoxy) is 1. The predicted octanol–water partition coefficient (Wildman–Crippen LogP) is 6.10. The fourth-order valence-corrected chi connectivity index (χ4v) is 5.15. The second-order valence-corrected chi connectivity index (χ2v) is 10.2. The highest BCUT2D eigenvalue weighted by atomic mass is 19.2. The van der Waals surface area contributed by atoms with Crippen molar-refractivity contribution in [2.75, 3.05) is 6.54 Å². The average Bonchev–Trinajstić information content (AvgIpc) is 3.34. The molecule has 38 heavy (non-hydrogen) atoms. The second kappa shape index (κ2) is 10.9. The number of fused-ring (bicyclic) bond motifs is 1. The van der Waals surface area contributed by atoms with Crippen molar-refractivity contribution in [2.24, 2.45) is 5.92 Å². The van der Waals surface area contributed by atoms with Crippen molar-refractivity contribution in [3.63, 3.8) is 0 Å². The Labute approximate surface area is 219 Å². The lowest BCUT2D eigenvalue weighted by Gasteiger charge is -2.28. The number of nitrogens with one attached hydrogen (secondary N) is 1. The van der Waals surface area contributed by atoms with Gasteiger partial charge in [0, 0.05) is 12.7 Å². The first-order valence-electron chi connectivity index (χ1n) is 12.9. The van der Waals surface area contributed by atoms with Crippen LogP contribution in [0, 0.1) is 23.4 Å². The lowest BCUT2D eigenvalue weighted by Crippen LogP contribution is -2.32. The number of aromatic hydroxyl groups is 1. The fraction of sp³-hybridized carbons (Fsp3) is 0.379. The molecule has 1 aromatic heterocycles. The van der Waals surface area contributed by atoms with Crippen molar-refractivity contribution >= 4 is 12.0 Å². The maximum atomic E-state index is 14.7. The summed E-state index contributed by atoms with van der Waals surface area (Å²) >= 11 is 0. The molecule has 2 N–H and O–H groups in total. The first-order chi connectivity index (χ1) is 18.3. The molecule has 1 fully saturated rings. The highest BCUT2D eigenvalue weighted by Gasteiger charge is 2.27. The molecule has 0 atom stereocenters. The van der Waals surface area contributed by atoms with Gasteiger partial charge in [-0.25, -0.2) is 8.78 Å². The number of halogens is 3. The molecule has 6 nitrogen and oxygen atoms in total. The van der Waals surface area contributed by atoms with Gasteiger partial charge >= 0.3 is 0 Å². The number of benzene rings is 2. The first-order valence-corrected chi connectivity index (χ1v) is 12.9. The Kier molecular flexibility index (Phi) is 7.44. The van der Waals surface area contributed by atoms with Crippen LogP contribution in [0.4, 0.5) is 13.2 Å². The molecule has 0 bridgehead atoms. The number of carbonyl (C=O) groups excluding carboxylic acids is 1. The van der Waals surface area contributed by atoms with E-state index in [1.165, 1.54) is 35.4 Å². The van der Waals surface area contributed by atoms with Crippen LogP contribution in [0.5, 0.6) is 11.5 Å². The van der Waals surface area contributed by atoms with Gasteiger partial charge in [0.05, 0.1) is 17.3 Å². The van der Waals surface area contributed by atoms with Gasteiger partial charge in [-0.3, -0.25) is 9.48 Å². The number of amides is 1. The second-order valence-electron chi connectivity index (χ2n) is 10.2. The van der Waals surface area contributed by atoms with E-state index in [0.29, 0.717) is 24.2 Å². The summed E-state index contributed by atoms with van der Waals surface area (Å²) in [6.07, 6.45) is 9.92. The molecule has 0 radical (unpaired) electrons. The van der Waals surface area contributed by atoms with Crippen molar-refractivity contribution in [1.29, 1.82) is 0 Å². The van der Waals surface area contributed by atoms with Crippen LogP contribution in [0.2, 0.25) is 0 Å². The van der Waals surface area contributed by atoms with Crippen LogP contribution in [-0.2, 0) is 13.0 Å². The molecule has 0 spiro atoms. The standard InChI is InChI=1S/C29H30F3N3O3/c1-17-2-7-20-15-35(34-25(20)12-17)21-8-3-18(4-9-21)14-33-29(37)23-13-24(30)28(27(32)26(23)31)38-16-19-5-10-22(36)11-6-19/h5-6,10-13,15,18,21,36H,2-4,7-9,14,16H2,1H3,(H,33,37). The Morgan fingerprint density at radius 2 is 1.84 bits per heavy atom. The molecule has 1 heterocycles. The quantitative estimate of drug-likeness (QED) is 0.366. The number of aromatic nitrogens is 2. The molecule has 2 aliphatic rings. The third-order valence-corrected chi connectivity index (χ3v) is 7.43. The zero-order valence-corrected chi connectivity index (χ0v) is 21.1. The van der Waals surface area contributed by atoms with Crippen LogP contribution in [-0.4, -0.2) is 27.3 Å². The topological polar surface area (TPSA) is 76.4 Å². The molecule has 2 aliphatic carbocycles. The lowest BCUT2D eigenvalue weighted by atomic mass is 9.86. The van der Waals surface area contributed by atoms with Gasteiger partial charge in [-0.15, -0.1) is 0 Å². The molecule has 5 rings (SSSR count). The summed E-state index contributed by atoms with van der Waals surface area (Å²) in [5.74, 6) is -5.72. The minimum Gasteiger partial charge on any atom is -0.508 e. The summed E-state index contributed by atoms with van der Waals surface area (Å²) in [5.41, 5.74) is 3.51. The van der Waals surface area contributed by atoms with Crippen molar-refractivity contribution in [3.05, 3.63) is 81.9 Å². The summed E-state index contributed by atoms with van der Waals surface area (Å²) in [6, 6.07) is 6.78. The Morgan fingerprint density at radius 1 is 1.11 bits per heavy atom. The third kappa shape index (κ3) is 5.56. The fourth-order valence-electron chi connectivity index (χ4n) is 5.15. The number of rotatable bonds is 7. The van der Waals surface area contributed by atoms with E-state index >= 15 is 0 Å². The maximum absolute atomic E-state index is 14.7. The summed E-state index contributed by atoms with van der Waals surface area (Å²) in [5, 5.41) is 16.7. The van der Waals surface area contributed by atoms with E-state index in [4.69, 9.17) is 9.84 Å². The van der Waals surface area contributed by atoms with Gasteiger partial charge in [0.2, 0.25) is 5.82 Å². The van der Waals surface area contributed by atoms with E-state index < -0.39 is 34.7 Å². The van der Waals surface area contributed by atoms with Crippen molar-refractivity contribution in [3.8, 4) is 11.5 Å². The van der Waals surface area contributed by atoms with Crippen LogP contribution in [0.1, 0.15) is 72.2 Å². The number of phenols is 1. The smallest absolute Gasteiger partial charge is 0.254 e. The third-order valence-electron chi connectivity index (χ3n) is 7.43. The molecule has 2 aromatic carbocycles. The maximum Gasteiger partial charge on any atom is 0.254 e. The number of phenolic OH excluding ortho intramolecular Hbond substituents is 1. The average molecular weight is 526 g/mol. The van der Waals surface area contributed by atoms with Gasteiger partial charge in [-0.05, 0) is 86.8 Å². The summed E-state index contributed by atoms with van der Waals surface area (Å²) in [7, 11) is 0. The summed E-state index contributed by atoms with van der Waals surface area (Å²) in [4.78, 5) is 12.6. The van der Waals surface area contributed by atoms with Crippen molar-refractivity contribution in [2.45, 2.75) is 58.1 Å². The zero-order chi connectivity index (χ0) is 26.8. The minimum atomic E-state index is -1.55. The Bertz CT molecular complexity index is 1360. The van der Waals surface area contributed by atoms with Gasteiger partial charge in [-0.2, -0.15) is 9.49 Å². The number of nitrogens with zero attached hydrogens (tertiary/aromatic N) is 2. The van der Waals surface area contributed by atoms with Crippen molar-refractivity contribution < 1.29 is 27.8 Å². The highest BCUT2D eigenvalue weighted by Crippen LogP contribution is 2.34. The molecule has 1 saturated carbocycles.